The number of carbonyl (C=O) groups is 2. The second kappa shape index (κ2) is 9.49. The van der Waals surface area contributed by atoms with E-state index in [0.717, 1.165) is 17.7 Å². The first-order valence-corrected chi connectivity index (χ1v) is 9.96. The number of alkyl halides is 3. The predicted molar refractivity (Wildman–Crippen MR) is 112 cm³/mol. The molecule has 0 aromatic carbocycles. The molecule has 0 bridgehead atoms. The monoisotopic (exact) mass is 469 g/mol. The maximum Gasteiger partial charge on any atom is 0.491 e. The van der Waals surface area contributed by atoms with Crippen molar-refractivity contribution in [2.45, 2.75) is 32.6 Å². The van der Waals surface area contributed by atoms with Gasteiger partial charge in [-0.3, -0.25) is 13.9 Å². The third-order valence-electron chi connectivity index (χ3n) is 4.90. The van der Waals surface area contributed by atoms with Gasteiger partial charge in [0.15, 0.2) is 11.2 Å². The number of aromatic nitrogens is 4. The summed E-state index contributed by atoms with van der Waals surface area (Å²) >= 11 is 0. The number of halogens is 3. The molecule has 2 N–H and O–H groups in total. The fourth-order valence-electron chi connectivity index (χ4n) is 3.18. The Morgan fingerprint density at radius 1 is 1.27 bits per heavy atom. The second-order valence-corrected chi connectivity index (χ2v) is 7.21. The molecular formula is C19H22F3N7O4. The fourth-order valence-corrected chi connectivity index (χ4v) is 3.18. The molecule has 0 radical (unpaired) electrons. The van der Waals surface area contributed by atoms with Crippen LogP contribution in [0.15, 0.2) is 4.79 Å². The number of ether oxygens (including phenoxy) is 1. The molecule has 178 valence electrons. The predicted octanol–water partition coefficient (Wildman–Crippen LogP) is -0.00460. The fraction of sp³-hybridized carbons (Fsp3) is 0.526. The first kappa shape index (κ1) is 24.1. The number of hydrogen-bond acceptors (Lipinski definition) is 9. The van der Waals surface area contributed by atoms with Crippen molar-refractivity contribution in [3.8, 4) is 11.8 Å². The van der Waals surface area contributed by atoms with Crippen molar-refractivity contribution in [2.75, 3.05) is 36.4 Å². The van der Waals surface area contributed by atoms with Gasteiger partial charge >= 0.3 is 18.1 Å². The van der Waals surface area contributed by atoms with Crippen LogP contribution in [-0.2, 0) is 27.9 Å². The van der Waals surface area contributed by atoms with E-state index in [1.54, 1.807) is 11.5 Å². The lowest BCUT2D eigenvalue weighted by Gasteiger charge is -2.28. The molecule has 0 amide bonds. The van der Waals surface area contributed by atoms with Crippen LogP contribution >= 0.6 is 0 Å². The lowest BCUT2D eigenvalue weighted by atomic mass is 10.3. The number of carbonyl (C=O) groups excluding carboxylic acids is 2. The Balaban J connectivity index is 1.97. The third-order valence-corrected chi connectivity index (χ3v) is 4.90. The van der Waals surface area contributed by atoms with Crippen molar-refractivity contribution in [1.82, 2.24) is 24.4 Å². The van der Waals surface area contributed by atoms with Crippen LogP contribution in [0.5, 0.6) is 0 Å². The summed E-state index contributed by atoms with van der Waals surface area (Å²) in [6.07, 6.45) is -5.31. The Morgan fingerprint density at radius 2 is 1.94 bits per heavy atom. The Hall–Kier alpha value is -3.60. The summed E-state index contributed by atoms with van der Waals surface area (Å²) in [7, 11) is 1.38. The van der Waals surface area contributed by atoms with E-state index in [9.17, 15) is 27.6 Å². The first-order chi connectivity index (χ1) is 15.5. The van der Waals surface area contributed by atoms with Crippen LogP contribution in [0.4, 0.5) is 25.1 Å². The minimum atomic E-state index is -5.31. The van der Waals surface area contributed by atoms with E-state index in [1.165, 1.54) is 14.0 Å². The zero-order valence-corrected chi connectivity index (χ0v) is 18.1. The summed E-state index contributed by atoms with van der Waals surface area (Å²) < 4.78 is 43.6. The van der Waals surface area contributed by atoms with Crippen LogP contribution in [-0.4, -0.2) is 69.4 Å². The highest BCUT2D eigenvalue weighted by Gasteiger charge is 2.43. The summed E-state index contributed by atoms with van der Waals surface area (Å²) in [4.78, 5) is 46.7. The molecule has 0 aliphatic carbocycles. The summed E-state index contributed by atoms with van der Waals surface area (Å²) in [6.45, 7) is 5.83. The van der Waals surface area contributed by atoms with Crippen LogP contribution in [0.25, 0.3) is 11.2 Å². The van der Waals surface area contributed by atoms with Crippen LogP contribution in [0.2, 0.25) is 0 Å². The minimum Gasteiger partial charge on any atom is -0.385 e. The molecule has 0 saturated carbocycles. The average molecular weight is 469 g/mol. The van der Waals surface area contributed by atoms with Gasteiger partial charge in [0.25, 0.3) is 5.56 Å². The van der Waals surface area contributed by atoms with Crippen molar-refractivity contribution >= 4 is 35.0 Å². The van der Waals surface area contributed by atoms with Crippen LogP contribution in [0, 0.1) is 11.8 Å². The highest BCUT2D eigenvalue weighted by Crippen LogP contribution is 2.21. The molecule has 0 spiro atoms. The lowest BCUT2D eigenvalue weighted by Crippen LogP contribution is -2.44. The summed E-state index contributed by atoms with van der Waals surface area (Å²) in [6, 6.07) is -1.41. The van der Waals surface area contributed by atoms with Crippen molar-refractivity contribution < 1.29 is 27.5 Å². The molecule has 1 saturated heterocycles. The van der Waals surface area contributed by atoms with Gasteiger partial charge in [-0.1, -0.05) is 5.92 Å². The van der Waals surface area contributed by atoms with Gasteiger partial charge in [0.1, 0.15) is 6.04 Å². The lowest BCUT2D eigenvalue weighted by molar-refractivity contribution is -0.202. The first-order valence-electron chi connectivity index (χ1n) is 9.96. The molecule has 1 aliphatic heterocycles. The quantitative estimate of drug-likeness (QED) is 0.354. The van der Waals surface area contributed by atoms with Crippen LogP contribution in [0.1, 0.15) is 13.8 Å². The zero-order valence-electron chi connectivity index (χ0n) is 18.1. The third kappa shape index (κ3) is 5.08. The van der Waals surface area contributed by atoms with Gasteiger partial charge in [0.05, 0.1) is 6.54 Å². The van der Waals surface area contributed by atoms with Crippen molar-refractivity contribution in [1.29, 1.82) is 0 Å². The van der Waals surface area contributed by atoms with Gasteiger partial charge < -0.3 is 20.3 Å². The van der Waals surface area contributed by atoms with Gasteiger partial charge in [-0.25, -0.2) is 9.59 Å². The Labute approximate surface area is 185 Å². The van der Waals surface area contributed by atoms with E-state index in [-0.39, 0.29) is 23.7 Å². The van der Waals surface area contributed by atoms with E-state index in [2.05, 4.69) is 37.2 Å². The van der Waals surface area contributed by atoms with Crippen molar-refractivity contribution in [3.63, 3.8) is 0 Å². The normalized spacial score (nSPS) is 15.0. The molecule has 2 aromatic rings. The maximum atomic E-state index is 13.1. The summed E-state index contributed by atoms with van der Waals surface area (Å²) in [5.41, 5.74) is -0.220. The molecule has 14 heteroatoms. The van der Waals surface area contributed by atoms with Gasteiger partial charge in [-0.2, -0.15) is 23.1 Å². The molecule has 0 unspecified atom stereocenters. The number of imidazole rings is 1. The number of nitrogens with one attached hydrogen (secondary N) is 2. The topological polar surface area (TPSA) is 123 Å². The van der Waals surface area contributed by atoms with E-state index < -0.39 is 29.7 Å². The van der Waals surface area contributed by atoms with Gasteiger partial charge in [-0.05, 0) is 13.8 Å². The molecule has 2 aromatic heterocycles. The molecule has 33 heavy (non-hydrogen) atoms. The Bertz CT molecular complexity index is 1190. The van der Waals surface area contributed by atoms with Crippen LogP contribution < -0.4 is 21.1 Å². The number of nitrogens with zero attached hydrogens (tertiary/aromatic N) is 5. The van der Waals surface area contributed by atoms with Crippen LogP contribution in [0.3, 0.4) is 0 Å². The molecular weight excluding hydrogens is 447 g/mol. The Morgan fingerprint density at radius 3 is 2.55 bits per heavy atom. The van der Waals surface area contributed by atoms with E-state index in [1.807, 2.05) is 4.90 Å². The van der Waals surface area contributed by atoms with E-state index in [4.69, 9.17) is 0 Å². The summed E-state index contributed by atoms with van der Waals surface area (Å²) in [5, 5.41) is 5.74. The highest BCUT2D eigenvalue weighted by atomic mass is 19.4. The van der Waals surface area contributed by atoms with Crippen molar-refractivity contribution in [2.24, 2.45) is 7.05 Å². The SMILES string of the molecule is CC#CCn1c(N2CCNCC2)nc2nc(N[C@@H](C)C(=O)OC(=O)C(F)(F)F)n(C)c(=O)c21. The molecule has 1 fully saturated rings. The number of hydrogen-bond donors (Lipinski definition) is 2. The standard InChI is InChI=1S/C19H22F3N7O4/c1-4-5-8-29-12-13(26-18(29)28-9-6-23-7-10-28)25-17(27(3)14(12)30)24-11(2)15(31)33-16(32)19(20,21)22/h11,23H,6-10H2,1-3H3,(H,24,25)/t11-/m0/s1. The van der Waals surface area contributed by atoms with Gasteiger partial charge in [0, 0.05) is 33.2 Å². The number of piperazine rings is 1. The maximum absolute atomic E-state index is 13.1. The number of anilines is 2. The Kier molecular flexibility index (Phi) is 6.92. The molecule has 3 rings (SSSR count). The molecule has 11 nitrogen and oxygen atoms in total. The van der Waals surface area contributed by atoms with Gasteiger partial charge in [0.2, 0.25) is 11.9 Å². The zero-order chi connectivity index (χ0) is 24.3. The average Bonchev–Trinajstić information content (AvgIpc) is 3.13. The molecule has 3 heterocycles. The number of fused-ring (bicyclic) bond motifs is 1. The molecule has 1 aliphatic rings. The van der Waals surface area contributed by atoms with Gasteiger partial charge in [-0.15, -0.1) is 5.92 Å². The van der Waals surface area contributed by atoms with E-state index in [0.29, 0.717) is 19.0 Å². The number of esters is 2. The number of rotatable bonds is 5. The van der Waals surface area contributed by atoms with Crippen molar-refractivity contribution in [3.05, 3.63) is 10.4 Å². The smallest absolute Gasteiger partial charge is 0.385 e. The second-order valence-electron chi connectivity index (χ2n) is 7.21. The van der Waals surface area contributed by atoms with E-state index >= 15 is 0 Å². The highest BCUT2D eigenvalue weighted by molar-refractivity contribution is 5.91. The molecule has 1 atom stereocenters. The largest absolute Gasteiger partial charge is 0.491 e. The summed E-state index contributed by atoms with van der Waals surface area (Å²) in [5.74, 6) is 1.97. The minimum absolute atomic E-state index is 0.0824.